The van der Waals surface area contributed by atoms with Gasteiger partial charge in [-0.1, -0.05) is 66.2 Å². The van der Waals surface area contributed by atoms with Crippen LogP contribution in [0.2, 0.25) is 0 Å². The summed E-state index contributed by atoms with van der Waals surface area (Å²) in [7, 11) is 0. The maximum atomic E-state index is 14.2. The van der Waals surface area contributed by atoms with E-state index in [1.54, 1.807) is 6.07 Å². The number of aryl methyl sites for hydroxylation is 3. The van der Waals surface area contributed by atoms with Crippen LogP contribution < -0.4 is 4.90 Å². The number of anilines is 1. The van der Waals surface area contributed by atoms with E-state index in [4.69, 9.17) is 0 Å². The highest BCUT2D eigenvalue weighted by molar-refractivity contribution is 6.36. The number of aromatic nitrogens is 1. The monoisotopic (exact) mass is 531 g/mol. The van der Waals surface area contributed by atoms with Crippen molar-refractivity contribution < 1.29 is 9.59 Å². The SMILES string of the molecule is Cc1cc(C)c(N2C(=O)c3cccc(-n4c5ccccc5c5cc(-c6ccccc6C#N)ccc54)c3C2=O)c(C)c1. The van der Waals surface area contributed by atoms with Crippen molar-refractivity contribution in [2.75, 3.05) is 4.90 Å². The quantitative estimate of drug-likeness (QED) is 0.217. The zero-order chi connectivity index (χ0) is 28.4. The van der Waals surface area contributed by atoms with E-state index in [2.05, 4.69) is 22.8 Å². The van der Waals surface area contributed by atoms with Crippen molar-refractivity contribution in [3.05, 3.63) is 130 Å². The number of para-hydroxylation sites is 1. The Balaban J connectivity index is 1.47. The third-order valence-corrected chi connectivity index (χ3v) is 8.02. The van der Waals surface area contributed by atoms with Crippen molar-refractivity contribution >= 4 is 39.3 Å². The maximum Gasteiger partial charge on any atom is 0.268 e. The van der Waals surface area contributed by atoms with E-state index in [0.29, 0.717) is 28.1 Å². The standard InChI is InChI=1S/C36H25N3O2/c1-21-17-22(2)34(23(3)18-21)39-35(40)28-12-8-14-32(33(28)36(39)41)38-30-13-7-6-11-27(30)29-19-24(15-16-31(29)38)26-10-5-4-9-25(26)20-37/h4-19H,1-3H3. The molecule has 0 saturated carbocycles. The number of hydrogen-bond acceptors (Lipinski definition) is 3. The number of fused-ring (bicyclic) bond motifs is 4. The minimum atomic E-state index is -0.318. The summed E-state index contributed by atoms with van der Waals surface area (Å²) in [6.07, 6.45) is 0. The molecule has 0 N–H and O–H groups in total. The zero-order valence-corrected chi connectivity index (χ0v) is 22.9. The molecule has 196 valence electrons. The fraction of sp³-hybridized carbons (Fsp3) is 0.0833. The highest BCUT2D eigenvalue weighted by Crippen LogP contribution is 2.40. The van der Waals surface area contributed by atoms with E-state index < -0.39 is 0 Å². The molecule has 0 spiro atoms. The van der Waals surface area contributed by atoms with Crippen LogP contribution >= 0.6 is 0 Å². The summed E-state index contributed by atoms with van der Waals surface area (Å²) >= 11 is 0. The summed E-state index contributed by atoms with van der Waals surface area (Å²) < 4.78 is 2.08. The van der Waals surface area contributed by atoms with Gasteiger partial charge >= 0.3 is 0 Å². The molecule has 0 saturated heterocycles. The van der Waals surface area contributed by atoms with Crippen LogP contribution in [-0.4, -0.2) is 16.4 Å². The van der Waals surface area contributed by atoms with Gasteiger partial charge in [0, 0.05) is 10.8 Å². The molecular weight excluding hydrogens is 506 g/mol. The second kappa shape index (κ2) is 9.04. The highest BCUT2D eigenvalue weighted by atomic mass is 16.2. The molecule has 1 aliphatic heterocycles. The van der Waals surface area contributed by atoms with Gasteiger partial charge in [-0.2, -0.15) is 5.26 Å². The van der Waals surface area contributed by atoms with Gasteiger partial charge in [0.15, 0.2) is 0 Å². The van der Waals surface area contributed by atoms with E-state index >= 15 is 0 Å². The van der Waals surface area contributed by atoms with Gasteiger partial charge < -0.3 is 4.57 Å². The van der Waals surface area contributed by atoms with Crippen molar-refractivity contribution in [3.63, 3.8) is 0 Å². The third-order valence-electron chi connectivity index (χ3n) is 8.02. The van der Waals surface area contributed by atoms with Gasteiger partial charge in [0.1, 0.15) is 0 Å². The first kappa shape index (κ1) is 24.6. The second-order valence-corrected chi connectivity index (χ2v) is 10.6. The van der Waals surface area contributed by atoms with E-state index in [-0.39, 0.29) is 11.8 Å². The van der Waals surface area contributed by atoms with Gasteiger partial charge in [-0.15, -0.1) is 0 Å². The van der Waals surface area contributed by atoms with Crippen LogP contribution in [0.5, 0.6) is 0 Å². The Morgan fingerprint density at radius 2 is 1.34 bits per heavy atom. The lowest BCUT2D eigenvalue weighted by Crippen LogP contribution is -2.31. The summed E-state index contributed by atoms with van der Waals surface area (Å²) in [5.74, 6) is -0.626. The van der Waals surface area contributed by atoms with Crippen LogP contribution in [0.4, 0.5) is 5.69 Å². The predicted molar refractivity (Wildman–Crippen MR) is 163 cm³/mol. The van der Waals surface area contributed by atoms with Crippen LogP contribution in [0.1, 0.15) is 43.0 Å². The molecule has 2 heterocycles. The predicted octanol–water partition coefficient (Wildman–Crippen LogP) is 8.05. The molecule has 5 heteroatoms. The number of rotatable bonds is 3. The lowest BCUT2D eigenvalue weighted by molar-refractivity contribution is 0.0925. The number of hydrogen-bond donors (Lipinski definition) is 0. The third kappa shape index (κ3) is 3.54. The molecule has 0 bridgehead atoms. The molecule has 2 amide bonds. The van der Waals surface area contributed by atoms with Crippen molar-refractivity contribution in [1.82, 2.24) is 4.57 Å². The van der Waals surface area contributed by atoms with Gasteiger partial charge in [-0.25, -0.2) is 4.90 Å². The van der Waals surface area contributed by atoms with Crippen molar-refractivity contribution in [2.24, 2.45) is 0 Å². The summed E-state index contributed by atoms with van der Waals surface area (Å²) in [6.45, 7) is 5.89. The van der Waals surface area contributed by atoms with Crippen LogP contribution in [0, 0.1) is 32.1 Å². The lowest BCUT2D eigenvalue weighted by atomic mass is 9.98. The van der Waals surface area contributed by atoms with Crippen LogP contribution in [-0.2, 0) is 0 Å². The van der Waals surface area contributed by atoms with Gasteiger partial charge in [-0.3, -0.25) is 9.59 Å². The normalized spacial score (nSPS) is 12.8. The Kier molecular flexibility index (Phi) is 5.42. The molecule has 5 aromatic carbocycles. The van der Waals surface area contributed by atoms with Crippen molar-refractivity contribution in [1.29, 1.82) is 5.26 Å². The molecule has 7 rings (SSSR count). The van der Waals surface area contributed by atoms with E-state index in [1.165, 1.54) is 4.90 Å². The highest BCUT2D eigenvalue weighted by Gasteiger charge is 2.40. The summed E-state index contributed by atoms with van der Waals surface area (Å²) in [5.41, 5.74) is 9.26. The second-order valence-electron chi connectivity index (χ2n) is 10.6. The first-order valence-corrected chi connectivity index (χ1v) is 13.5. The minimum Gasteiger partial charge on any atom is -0.308 e. The maximum absolute atomic E-state index is 14.2. The van der Waals surface area contributed by atoms with Crippen LogP contribution in [0.15, 0.2) is 97.1 Å². The topological polar surface area (TPSA) is 66.1 Å². The fourth-order valence-corrected chi connectivity index (χ4v) is 6.41. The average molecular weight is 532 g/mol. The van der Waals surface area contributed by atoms with Gasteiger partial charge in [0.2, 0.25) is 0 Å². The summed E-state index contributed by atoms with van der Waals surface area (Å²) in [4.78, 5) is 29.3. The molecular formula is C36H25N3O2. The summed E-state index contributed by atoms with van der Waals surface area (Å²) in [6, 6.07) is 33.6. The van der Waals surface area contributed by atoms with Crippen LogP contribution in [0.25, 0.3) is 38.6 Å². The molecule has 1 aromatic heterocycles. The number of amides is 2. The Morgan fingerprint density at radius 3 is 2.12 bits per heavy atom. The van der Waals surface area contributed by atoms with Crippen LogP contribution in [0.3, 0.4) is 0 Å². The molecule has 0 aliphatic carbocycles. The number of carbonyl (C=O) groups is 2. The molecule has 1 aliphatic rings. The molecule has 0 fully saturated rings. The molecule has 5 nitrogen and oxygen atoms in total. The Bertz CT molecular complexity index is 2120. The van der Waals surface area contributed by atoms with Crippen molar-refractivity contribution in [2.45, 2.75) is 20.8 Å². The number of imide groups is 1. The number of carbonyl (C=O) groups excluding carboxylic acids is 2. The molecule has 0 atom stereocenters. The first-order valence-electron chi connectivity index (χ1n) is 13.5. The zero-order valence-electron chi connectivity index (χ0n) is 22.9. The van der Waals surface area contributed by atoms with Crippen molar-refractivity contribution in [3.8, 4) is 22.9 Å². The Morgan fingerprint density at radius 1 is 0.659 bits per heavy atom. The number of nitriles is 1. The van der Waals surface area contributed by atoms with Gasteiger partial charge in [0.05, 0.1) is 45.2 Å². The Labute approximate surface area is 237 Å². The van der Waals surface area contributed by atoms with Gasteiger partial charge in [0.25, 0.3) is 11.8 Å². The first-order chi connectivity index (χ1) is 19.9. The average Bonchev–Trinajstić information content (AvgIpc) is 3.44. The smallest absolute Gasteiger partial charge is 0.268 e. The minimum absolute atomic E-state index is 0.307. The van der Waals surface area contributed by atoms with Gasteiger partial charge in [-0.05, 0) is 79.4 Å². The fourth-order valence-electron chi connectivity index (χ4n) is 6.41. The Hall–Kier alpha value is -5.47. The van der Waals surface area contributed by atoms with E-state index in [1.807, 2.05) is 99.6 Å². The molecule has 0 radical (unpaired) electrons. The molecule has 0 unspecified atom stereocenters. The summed E-state index contributed by atoms with van der Waals surface area (Å²) in [5, 5.41) is 11.7. The van der Waals surface area contributed by atoms with E-state index in [0.717, 1.165) is 49.6 Å². The number of nitrogens with zero attached hydrogens (tertiary/aromatic N) is 3. The largest absolute Gasteiger partial charge is 0.308 e. The van der Waals surface area contributed by atoms with E-state index in [9.17, 15) is 14.9 Å². The lowest BCUT2D eigenvalue weighted by Gasteiger charge is -2.20. The molecule has 41 heavy (non-hydrogen) atoms. The molecule has 6 aromatic rings. The number of benzene rings is 5.